The molecule has 0 aromatic carbocycles. The van der Waals surface area contributed by atoms with Gasteiger partial charge < -0.3 is 0 Å². The average Bonchev–Trinajstić information content (AvgIpc) is 1.38. The normalized spacial score (nSPS) is 6.60. The van der Waals surface area contributed by atoms with Crippen LogP contribution >= 0.6 is 7.91 Å². The topological polar surface area (TPSA) is 0 Å². The van der Waals surface area contributed by atoms with Gasteiger partial charge >= 0.3 is 34.1 Å². The third-order valence-electron chi connectivity index (χ3n) is 0.298. The van der Waals surface area contributed by atoms with E-state index in [1.54, 1.807) is 0 Å². The zero-order chi connectivity index (χ0) is 4.28. The number of hydrogen-bond acceptors (Lipinski definition) is 0. The standard InChI is InChI=1S/C3H7BP/c1-4(2)5-3/h3H,1-2H3/q+1. The molecule has 2 heteroatoms. The van der Waals surface area contributed by atoms with Gasteiger partial charge in [-0.1, -0.05) is 0 Å². The molecule has 0 bridgehead atoms. The van der Waals surface area contributed by atoms with Gasteiger partial charge in [0.15, 0.2) is 0 Å². The van der Waals surface area contributed by atoms with Crippen molar-refractivity contribution in [2.75, 3.05) is 0 Å². The summed E-state index contributed by atoms with van der Waals surface area (Å²) < 4.78 is 0. The second-order valence-electron chi connectivity index (χ2n) is 1.24. The van der Waals surface area contributed by atoms with Crippen LogP contribution in [0.3, 0.4) is 0 Å². The van der Waals surface area contributed by atoms with E-state index in [-0.39, 0.29) is 0 Å². The van der Waals surface area contributed by atoms with Crippen molar-refractivity contribution in [2.24, 2.45) is 0 Å². The third-order valence-corrected chi connectivity index (χ3v) is 0.894. The van der Waals surface area contributed by atoms with Gasteiger partial charge in [0.2, 0.25) is 0 Å². The zero-order valence-electron chi connectivity index (χ0n) is 3.60. The summed E-state index contributed by atoms with van der Waals surface area (Å²) in [7, 11) is 0.997. The third kappa shape index (κ3) is 4.27. The quantitative estimate of drug-likeness (QED) is 0.310. The monoisotopic (exact) mass is 85.0 g/mol. The van der Waals surface area contributed by atoms with Crippen molar-refractivity contribution in [3.8, 4) is 6.13 Å². The SMILES string of the molecule is C#[P+]B(C)C. The molecule has 5 heavy (non-hydrogen) atoms. The van der Waals surface area contributed by atoms with E-state index >= 15 is 0 Å². The van der Waals surface area contributed by atoms with Gasteiger partial charge in [-0.2, -0.15) is 0 Å². The van der Waals surface area contributed by atoms with E-state index in [9.17, 15) is 0 Å². The van der Waals surface area contributed by atoms with E-state index in [0.717, 1.165) is 7.91 Å². The van der Waals surface area contributed by atoms with E-state index in [1.807, 2.05) is 0 Å². The zero-order valence-corrected chi connectivity index (χ0v) is 4.50. The van der Waals surface area contributed by atoms with Gasteiger partial charge in [0.05, 0.1) is 0 Å². The van der Waals surface area contributed by atoms with E-state index in [4.69, 9.17) is 6.13 Å². The van der Waals surface area contributed by atoms with E-state index in [1.165, 1.54) is 0 Å². The van der Waals surface area contributed by atoms with E-state index < -0.39 is 0 Å². The Labute approximate surface area is 35.1 Å². The molecule has 0 nitrogen and oxygen atoms in total. The van der Waals surface area contributed by atoms with Crippen molar-refractivity contribution in [2.45, 2.75) is 13.6 Å². The van der Waals surface area contributed by atoms with Crippen molar-refractivity contribution < 1.29 is 0 Å². The van der Waals surface area contributed by atoms with Crippen LogP contribution in [0.1, 0.15) is 0 Å². The first-order valence-corrected chi connectivity index (χ1v) is 2.70. The Hall–Kier alpha value is 0.275. The first-order valence-electron chi connectivity index (χ1n) is 1.67. The molecule has 0 heterocycles. The van der Waals surface area contributed by atoms with E-state index in [0.29, 0.717) is 6.43 Å². The molecule has 0 amide bonds. The van der Waals surface area contributed by atoms with Gasteiger partial charge in [0.25, 0.3) is 0 Å². The van der Waals surface area contributed by atoms with Crippen LogP contribution in [0.4, 0.5) is 0 Å². The Morgan fingerprint density at radius 2 is 1.80 bits per heavy atom. The summed E-state index contributed by atoms with van der Waals surface area (Å²) in [6.07, 6.45) is 5.78. The van der Waals surface area contributed by atoms with Gasteiger partial charge in [0.1, 0.15) is 0 Å². The Balaban J connectivity index is 2.94. The van der Waals surface area contributed by atoms with E-state index in [2.05, 4.69) is 13.6 Å². The first-order chi connectivity index (χ1) is 2.27. The van der Waals surface area contributed by atoms with Crippen LogP contribution in [-0.2, 0) is 0 Å². The van der Waals surface area contributed by atoms with Gasteiger partial charge in [0, 0.05) is 0 Å². The van der Waals surface area contributed by atoms with Gasteiger partial charge in [-0.3, -0.25) is 0 Å². The van der Waals surface area contributed by atoms with Crippen molar-refractivity contribution in [3.63, 3.8) is 0 Å². The second kappa shape index (κ2) is 2.51. The minimum atomic E-state index is 0.634. The molecular weight excluding hydrogens is 77.8 g/mol. The van der Waals surface area contributed by atoms with Crippen molar-refractivity contribution >= 4 is 14.3 Å². The summed E-state index contributed by atoms with van der Waals surface area (Å²) in [6, 6.07) is 0. The summed E-state index contributed by atoms with van der Waals surface area (Å²) in [5, 5.41) is 0. The summed E-state index contributed by atoms with van der Waals surface area (Å²) in [4.78, 5) is 0. The molecule has 0 rings (SSSR count). The minimum absolute atomic E-state index is 0.634. The summed E-state index contributed by atoms with van der Waals surface area (Å²) >= 11 is 0. The van der Waals surface area contributed by atoms with Gasteiger partial charge in [-0.05, 0) is 0 Å². The molecule has 0 fully saturated rings. The molecule has 0 unspecified atom stereocenters. The summed E-state index contributed by atoms with van der Waals surface area (Å²) in [5.41, 5.74) is 0. The summed E-state index contributed by atoms with van der Waals surface area (Å²) in [6.45, 7) is 4.17. The molecule has 0 radical (unpaired) electrons. The second-order valence-corrected chi connectivity index (χ2v) is 2.57. The van der Waals surface area contributed by atoms with Gasteiger partial charge in [-0.15, -0.1) is 0 Å². The van der Waals surface area contributed by atoms with Gasteiger partial charge in [-0.25, -0.2) is 0 Å². The average molecular weight is 84.9 g/mol. The molecule has 0 N–H and O–H groups in total. The fourth-order valence-corrected chi connectivity index (χ4v) is 0. The fraction of sp³-hybridized carbons (Fsp3) is 0.667. The molecule has 0 aromatic heterocycles. The molecule has 0 aliphatic rings. The predicted molar refractivity (Wildman–Crippen MR) is 29.3 cm³/mol. The van der Waals surface area contributed by atoms with Crippen molar-refractivity contribution in [1.29, 1.82) is 0 Å². The molecule has 0 saturated heterocycles. The van der Waals surface area contributed by atoms with Crippen LogP contribution in [0.5, 0.6) is 0 Å². The van der Waals surface area contributed by atoms with Crippen LogP contribution in [0, 0.1) is 6.13 Å². The fourth-order valence-electron chi connectivity index (χ4n) is 0. The first kappa shape index (κ1) is 5.27. The van der Waals surface area contributed by atoms with Crippen LogP contribution < -0.4 is 0 Å². The van der Waals surface area contributed by atoms with Crippen LogP contribution in [-0.4, -0.2) is 6.43 Å². The molecule has 26 valence electrons. The molecule has 0 aliphatic carbocycles. The molecule has 0 saturated carbocycles. The maximum atomic E-state index is 5.14. The Morgan fingerprint density at radius 3 is 1.80 bits per heavy atom. The summed E-state index contributed by atoms with van der Waals surface area (Å²) in [5.74, 6) is 0. The van der Waals surface area contributed by atoms with Crippen molar-refractivity contribution in [3.05, 3.63) is 0 Å². The molecule has 0 atom stereocenters. The Kier molecular flexibility index (Phi) is 2.65. The molecule has 0 aliphatic heterocycles. The van der Waals surface area contributed by atoms with Crippen LogP contribution in [0.15, 0.2) is 0 Å². The molecular formula is C3H7BP+. The number of hydrogen-bond donors (Lipinski definition) is 0. The maximum absolute atomic E-state index is 5.14. The van der Waals surface area contributed by atoms with Crippen LogP contribution in [0.2, 0.25) is 13.6 Å². The number of rotatable bonds is 0. The predicted octanol–water partition coefficient (Wildman–Crippen LogP) is 1.77. The van der Waals surface area contributed by atoms with Crippen molar-refractivity contribution in [1.82, 2.24) is 0 Å². The Bertz CT molecular complexity index is 52.4. The Morgan fingerprint density at radius 1 is 1.60 bits per heavy atom. The van der Waals surface area contributed by atoms with Crippen LogP contribution in [0.25, 0.3) is 0 Å². The molecule has 0 spiro atoms. The molecule has 0 aromatic rings.